The van der Waals surface area contributed by atoms with Gasteiger partial charge in [-0.1, -0.05) is 12.1 Å². The molecule has 0 atom stereocenters. The molecule has 25 heavy (non-hydrogen) atoms. The van der Waals surface area contributed by atoms with Crippen molar-refractivity contribution >= 4 is 43.7 Å². The molecule has 2 N–H and O–H groups in total. The van der Waals surface area contributed by atoms with E-state index in [-0.39, 0.29) is 17.0 Å². The Morgan fingerprint density at radius 1 is 1.20 bits per heavy atom. The lowest BCUT2D eigenvalue weighted by Gasteiger charge is -2.08. The third kappa shape index (κ3) is 4.51. The van der Waals surface area contributed by atoms with Crippen molar-refractivity contribution in [3.05, 3.63) is 63.3 Å². The van der Waals surface area contributed by atoms with Crippen molar-refractivity contribution in [2.24, 2.45) is 0 Å². The summed E-state index contributed by atoms with van der Waals surface area (Å²) < 4.78 is 27.4. The minimum absolute atomic E-state index is 0.0482. The van der Waals surface area contributed by atoms with Crippen LogP contribution in [0.2, 0.25) is 0 Å². The van der Waals surface area contributed by atoms with E-state index in [9.17, 15) is 13.2 Å². The molecule has 6 nitrogen and oxygen atoms in total. The molecule has 0 aliphatic carbocycles. The number of nitrogens with zero attached hydrogens (tertiary/aromatic N) is 1. The lowest BCUT2D eigenvalue weighted by Crippen LogP contribution is -2.23. The fraction of sp³-hybridized carbons (Fsp3) is 0.125. The second-order valence-corrected chi connectivity index (χ2v) is 8.84. The van der Waals surface area contributed by atoms with Gasteiger partial charge in [-0.3, -0.25) is 10.1 Å². The van der Waals surface area contributed by atoms with Gasteiger partial charge in [0.1, 0.15) is 0 Å². The Kier molecular flexibility index (Phi) is 5.28. The minimum Gasteiger partial charge on any atom is -0.298 e. The minimum atomic E-state index is -3.70. The number of carbonyl (C=O) groups is 1. The zero-order chi connectivity index (χ0) is 17.9. The van der Waals surface area contributed by atoms with Gasteiger partial charge in [-0.2, -0.15) is 0 Å². The van der Waals surface area contributed by atoms with Gasteiger partial charge in [0.15, 0.2) is 5.13 Å². The standard InChI is InChI=1S/C16H15N3O3S3/c1-11-10-24-16(18-11)19-15(20)12-4-2-6-14(8-12)25(21,22)17-9-13-5-3-7-23-13/h2-8,10,17H,9H2,1H3,(H,18,19,20). The highest BCUT2D eigenvalue weighted by molar-refractivity contribution is 7.89. The molecule has 0 radical (unpaired) electrons. The van der Waals surface area contributed by atoms with E-state index in [4.69, 9.17) is 0 Å². The maximum Gasteiger partial charge on any atom is 0.257 e. The molecule has 0 spiro atoms. The molecule has 0 bridgehead atoms. The van der Waals surface area contributed by atoms with E-state index >= 15 is 0 Å². The molecule has 9 heteroatoms. The first kappa shape index (κ1) is 17.7. The number of amides is 1. The number of sulfonamides is 1. The van der Waals surface area contributed by atoms with Crippen molar-refractivity contribution in [1.82, 2.24) is 9.71 Å². The summed E-state index contributed by atoms with van der Waals surface area (Å²) in [5, 5.41) is 6.85. The summed E-state index contributed by atoms with van der Waals surface area (Å²) >= 11 is 2.79. The molecule has 0 saturated heterocycles. The van der Waals surface area contributed by atoms with Crippen LogP contribution >= 0.6 is 22.7 Å². The number of carbonyl (C=O) groups excluding carboxylic acids is 1. The summed E-state index contributed by atoms with van der Waals surface area (Å²) in [6, 6.07) is 9.64. The molecule has 0 unspecified atom stereocenters. The maximum atomic E-state index is 12.4. The van der Waals surface area contributed by atoms with E-state index in [1.54, 1.807) is 12.1 Å². The summed E-state index contributed by atoms with van der Waals surface area (Å²) in [7, 11) is -3.70. The predicted molar refractivity (Wildman–Crippen MR) is 99.6 cm³/mol. The van der Waals surface area contributed by atoms with Gasteiger partial charge in [-0.15, -0.1) is 22.7 Å². The Bertz CT molecular complexity index is 979. The molecule has 2 aromatic heterocycles. The van der Waals surface area contributed by atoms with Crippen molar-refractivity contribution in [3.8, 4) is 0 Å². The van der Waals surface area contributed by atoms with Gasteiger partial charge < -0.3 is 0 Å². The number of anilines is 1. The Labute approximate surface area is 153 Å². The van der Waals surface area contributed by atoms with E-state index in [0.29, 0.717) is 5.13 Å². The molecule has 0 saturated carbocycles. The van der Waals surface area contributed by atoms with Crippen molar-refractivity contribution < 1.29 is 13.2 Å². The van der Waals surface area contributed by atoms with Gasteiger partial charge in [0.05, 0.1) is 10.6 Å². The highest BCUT2D eigenvalue weighted by atomic mass is 32.2. The van der Waals surface area contributed by atoms with Gasteiger partial charge in [0.25, 0.3) is 5.91 Å². The Hall–Kier alpha value is -2.07. The van der Waals surface area contributed by atoms with Crippen LogP contribution in [0.5, 0.6) is 0 Å². The molecule has 3 rings (SSSR count). The van der Waals surface area contributed by atoms with Crippen LogP contribution in [0, 0.1) is 6.92 Å². The van der Waals surface area contributed by atoms with Crippen molar-refractivity contribution in [2.75, 3.05) is 5.32 Å². The Balaban J connectivity index is 1.74. The Morgan fingerprint density at radius 3 is 2.72 bits per heavy atom. The second-order valence-electron chi connectivity index (χ2n) is 5.18. The van der Waals surface area contributed by atoms with E-state index in [2.05, 4.69) is 15.0 Å². The highest BCUT2D eigenvalue weighted by Crippen LogP contribution is 2.18. The SMILES string of the molecule is Cc1csc(NC(=O)c2cccc(S(=O)(=O)NCc3cccs3)c2)n1. The summed E-state index contributed by atoms with van der Waals surface area (Å²) in [6.07, 6.45) is 0. The normalized spacial score (nSPS) is 11.4. The average molecular weight is 394 g/mol. The van der Waals surface area contributed by atoms with E-state index in [1.165, 1.54) is 34.8 Å². The van der Waals surface area contributed by atoms with Crippen molar-refractivity contribution in [1.29, 1.82) is 0 Å². The highest BCUT2D eigenvalue weighted by Gasteiger charge is 2.17. The number of rotatable bonds is 6. The van der Waals surface area contributed by atoms with Gasteiger partial charge in [0.2, 0.25) is 10.0 Å². The van der Waals surface area contributed by atoms with Crippen molar-refractivity contribution in [2.45, 2.75) is 18.4 Å². The van der Waals surface area contributed by atoms with Gasteiger partial charge in [-0.25, -0.2) is 18.1 Å². The van der Waals surface area contributed by atoms with Crippen LogP contribution in [0.3, 0.4) is 0 Å². The molecule has 2 heterocycles. The number of hydrogen-bond acceptors (Lipinski definition) is 6. The topological polar surface area (TPSA) is 88.2 Å². The van der Waals surface area contributed by atoms with Gasteiger partial charge in [-0.05, 0) is 36.6 Å². The van der Waals surface area contributed by atoms with Crippen LogP contribution < -0.4 is 10.0 Å². The van der Waals surface area contributed by atoms with Crippen LogP contribution in [-0.4, -0.2) is 19.3 Å². The summed E-state index contributed by atoms with van der Waals surface area (Å²) in [5.74, 6) is -0.398. The first-order valence-corrected chi connectivity index (χ1v) is 10.5. The quantitative estimate of drug-likeness (QED) is 0.673. The smallest absolute Gasteiger partial charge is 0.257 e. The van der Waals surface area contributed by atoms with Gasteiger partial charge >= 0.3 is 0 Å². The number of benzene rings is 1. The number of thiazole rings is 1. The maximum absolute atomic E-state index is 12.4. The van der Waals surface area contributed by atoms with Crippen LogP contribution in [0.1, 0.15) is 20.9 Å². The Morgan fingerprint density at radius 2 is 2.04 bits per heavy atom. The number of nitrogens with one attached hydrogen (secondary N) is 2. The third-order valence-corrected chi connectivity index (χ3v) is 6.41. The van der Waals surface area contributed by atoms with Crippen LogP contribution in [-0.2, 0) is 16.6 Å². The first-order chi connectivity index (χ1) is 11.9. The van der Waals surface area contributed by atoms with Crippen LogP contribution in [0.25, 0.3) is 0 Å². The van der Waals surface area contributed by atoms with E-state index in [1.807, 2.05) is 29.8 Å². The second kappa shape index (κ2) is 7.44. The molecule has 130 valence electrons. The zero-order valence-corrected chi connectivity index (χ0v) is 15.7. The molecule has 1 amide bonds. The number of aryl methyl sites for hydroxylation is 1. The molecule has 0 fully saturated rings. The lowest BCUT2D eigenvalue weighted by atomic mass is 10.2. The zero-order valence-electron chi connectivity index (χ0n) is 13.2. The largest absolute Gasteiger partial charge is 0.298 e. The molecular formula is C16H15N3O3S3. The molecule has 3 aromatic rings. The fourth-order valence-electron chi connectivity index (χ4n) is 2.05. The molecule has 0 aliphatic heterocycles. The summed E-state index contributed by atoms with van der Waals surface area (Å²) in [4.78, 5) is 17.4. The van der Waals surface area contributed by atoms with Crippen LogP contribution in [0.4, 0.5) is 5.13 Å². The van der Waals surface area contributed by atoms with Gasteiger partial charge in [0, 0.05) is 22.4 Å². The fourth-order valence-corrected chi connectivity index (χ4v) is 4.52. The third-order valence-electron chi connectivity index (χ3n) is 3.26. The summed E-state index contributed by atoms with van der Waals surface area (Å²) in [5.41, 5.74) is 1.07. The number of thiophene rings is 1. The van der Waals surface area contributed by atoms with E-state index < -0.39 is 15.9 Å². The van der Waals surface area contributed by atoms with Crippen LogP contribution in [0.15, 0.2) is 52.1 Å². The molecule has 1 aromatic carbocycles. The monoisotopic (exact) mass is 393 g/mol. The van der Waals surface area contributed by atoms with E-state index in [0.717, 1.165) is 10.6 Å². The molecule has 0 aliphatic rings. The van der Waals surface area contributed by atoms with Crippen molar-refractivity contribution in [3.63, 3.8) is 0 Å². The number of hydrogen-bond donors (Lipinski definition) is 2. The molecular weight excluding hydrogens is 378 g/mol. The average Bonchev–Trinajstić information content (AvgIpc) is 3.25. The first-order valence-electron chi connectivity index (χ1n) is 7.30. The lowest BCUT2D eigenvalue weighted by molar-refractivity contribution is 0.102. The summed E-state index contributed by atoms with van der Waals surface area (Å²) in [6.45, 7) is 2.05. The number of aromatic nitrogens is 1. The predicted octanol–water partition coefficient (Wildman–Crippen LogP) is 3.24.